The fourth-order valence-corrected chi connectivity index (χ4v) is 4.41. The lowest BCUT2D eigenvalue weighted by Gasteiger charge is -2.51. The minimum Gasteiger partial charge on any atom is -0.481 e. The van der Waals surface area contributed by atoms with Gasteiger partial charge in [0.05, 0.1) is 5.60 Å². The fourth-order valence-electron chi connectivity index (χ4n) is 4.29. The molecule has 0 unspecified atom stereocenters. The van der Waals surface area contributed by atoms with Crippen molar-refractivity contribution < 1.29 is 24.6 Å². The Kier molecular flexibility index (Phi) is 8.71. The predicted octanol–water partition coefficient (Wildman–Crippen LogP) is 3.57. The third kappa shape index (κ3) is 6.23. The zero-order chi connectivity index (χ0) is 24.1. The average Bonchev–Trinajstić information content (AvgIpc) is 2.71. The Hall–Kier alpha value is -2.12. The third-order valence-electron chi connectivity index (χ3n) is 6.38. The third-order valence-corrected chi connectivity index (χ3v) is 6.63. The molecule has 178 valence electrons. The summed E-state index contributed by atoms with van der Waals surface area (Å²) >= 11 is 6.00. The van der Waals surface area contributed by atoms with E-state index in [0.717, 1.165) is 5.56 Å². The van der Waals surface area contributed by atoms with Crippen molar-refractivity contribution in [2.45, 2.75) is 71.4 Å². The van der Waals surface area contributed by atoms with E-state index in [-0.39, 0.29) is 30.6 Å². The van der Waals surface area contributed by atoms with E-state index in [1.165, 1.54) is 0 Å². The normalized spacial score (nSPS) is 21.3. The molecular formula is C24H35ClN2O5. The molecule has 32 heavy (non-hydrogen) atoms. The number of carboxylic acid groups (broad SMARTS) is 1. The van der Waals surface area contributed by atoms with Gasteiger partial charge in [-0.2, -0.15) is 0 Å². The first kappa shape index (κ1) is 26.1. The van der Waals surface area contributed by atoms with Crippen LogP contribution in [0.15, 0.2) is 24.3 Å². The van der Waals surface area contributed by atoms with E-state index in [1.54, 1.807) is 17.0 Å². The first-order valence-corrected chi connectivity index (χ1v) is 11.5. The van der Waals surface area contributed by atoms with Gasteiger partial charge in [0.1, 0.15) is 6.04 Å². The van der Waals surface area contributed by atoms with Crippen LogP contribution in [0.3, 0.4) is 0 Å². The highest BCUT2D eigenvalue weighted by atomic mass is 35.5. The van der Waals surface area contributed by atoms with Crippen LogP contribution in [-0.4, -0.2) is 52.0 Å². The van der Waals surface area contributed by atoms with Gasteiger partial charge in [0.2, 0.25) is 11.8 Å². The number of hydrogen-bond donors (Lipinski definition) is 3. The second kappa shape index (κ2) is 10.7. The maximum absolute atomic E-state index is 13.3. The molecule has 2 amide bonds. The van der Waals surface area contributed by atoms with Crippen molar-refractivity contribution in [2.24, 2.45) is 11.3 Å². The minimum atomic E-state index is -1.10. The SMILES string of the molecule is CC(C)[C@@H](NC(=O)CCCCC(=O)O)C(=O)N1CC[C@](O)(c2ccc(Cl)cc2)C(C)(C)C1. The van der Waals surface area contributed by atoms with Crippen molar-refractivity contribution in [1.82, 2.24) is 10.2 Å². The molecule has 7 nitrogen and oxygen atoms in total. The zero-order valence-electron chi connectivity index (χ0n) is 19.4. The van der Waals surface area contributed by atoms with Crippen molar-refractivity contribution >= 4 is 29.4 Å². The van der Waals surface area contributed by atoms with Crippen molar-refractivity contribution in [3.05, 3.63) is 34.9 Å². The highest BCUT2D eigenvalue weighted by molar-refractivity contribution is 6.30. The van der Waals surface area contributed by atoms with E-state index < -0.39 is 23.0 Å². The number of benzene rings is 1. The number of aliphatic carboxylic acids is 1. The molecule has 0 aromatic heterocycles. The highest BCUT2D eigenvalue weighted by Crippen LogP contribution is 2.46. The predicted molar refractivity (Wildman–Crippen MR) is 123 cm³/mol. The molecule has 1 fully saturated rings. The average molecular weight is 467 g/mol. The van der Waals surface area contributed by atoms with Crippen molar-refractivity contribution in [1.29, 1.82) is 0 Å². The van der Waals surface area contributed by atoms with Crippen LogP contribution in [0, 0.1) is 11.3 Å². The number of halogens is 1. The molecule has 8 heteroatoms. The van der Waals surface area contributed by atoms with Crippen LogP contribution >= 0.6 is 11.6 Å². The molecule has 2 atom stereocenters. The largest absolute Gasteiger partial charge is 0.481 e. The molecule has 0 bridgehead atoms. The maximum atomic E-state index is 13.3. The van der Waals surface area contributed by atoms with Crippen LogP contribution in [0.2, 0.25) is 5.02 Å². The summed E-state index contributed by atoms with van der Waals surface area (Å²) in [5.41, 5.74) is -0.944. The number of carbonyl (C=O) groups excluding carboxylic acids is 2. The number of carbonyl (C=O) groups is 3. The second-order valence-electron chi connectivity index (χ2n) is 9.65. The Morgan fingerprint density at radius 2 is 1.72 bits per heavy atom. The van der Waals surface area contributed by atoms with Gasteiger partial charge >= 0.3 is 5.97 Å². The molecule has 0 spiro atoms. The molecule has 3 N–H and O–H groups in total. The van der Waals surface area contributed by atoms with Crippen LogP contribution in [0.25, 0.3) is 0 Å². The number of hydrogen-bond acceptors (Lipinski definition) is 4. The van der Waals surface area contributed by atoms with E-state index in [4.69, 9.17) is 16.7 Å². The molecule has 1 saturated heterocycles. The Labute approximate surface area is 195 Å². The number of carboxylic acids is 1. The van der Waals surface area contributed by atoms with Gasteiger partial charge in [0.25, 0.3) is 0 Å². The summed E-state index contributed by atoms with van der Waals surface area (Å²) in [7, 11) is 0. The van der Waals surface area contributed by atoms with Gasteiger partial charge in [-0.25, -0.2) is 0 Å². The Balaban J connectivity index is 2.05. The second-order valence-corrected chi connectivity index (χ2v) is 10.1. The summed E-state index contributed by atoms with van der Waals surface area (Å²) < 4.78 is 0. The number of rotatable bonds is 9. The molecule has 2 rings (SSSR count). The topological polar surface area (TPSA) is 107 Å². The molecule has 1 aromatic rings. The zero-order valence-corrected chi connectivity index (χ0v) is 20.1. The van der Waals surface area contributed by atoms with E-state index in [0.29, 0.717) is 37.4 Å². The number of likely N-dealkylation sites (tertiary alicyclic amines) is 1. The smallest absolute Gasteiger partial charge is 0.303 e. The van der Waals surface area contributed by atoms with Crippen molar-refractivity contribution in [3.8, 4) is 0 Å². The number of nitrogens with one attached hydrogen (secondary N) is 1. The Morgan fingerprint density at radius 3 is 2.25 bits per heavy atom. The summed E-state index contributed by atoms with van der Waals surface area (Å²) in [6.07, 6.45) is 1.47. The summed E-state index contributed by atoms with van der Waals surface area (Å²) in [6, 6.07) is 6.48. The first-order chi connectivity index (χ1) is 14.9. The van der Waals surface area contributed by atoms with Gasteiger partial charge in [-0.15, -0.1) is 0 Å². The molecule has 1 aliphatic rings. The van der Waals surface area contributed by atoms with E-state index >= 15 is 0 Å². The number of nitrogens with zero attached hydrogens (tertiary/aromatic N) is 1. The number of unbranched alkanes of at least 4 members (excludes halogenated alkanes) is 1. The lowest BCUT2D eigenvalue weighted by molar-refractivity contribution is -0.156. The van der Waals surface area contributed by atoms with E-state index in [2.05, 4.69) is 5.32 Å². The number of piperidine rings is 1. The summed E-state index contributed by atoms with van der Waals surface area (Å²) in [5.74, 6) is -1.40. The van der Waals surface area contributed by atoms with Crippen molar-refractivity contribution in [2.75, 3.05) is 13.1 Å². The Morgan fingerprint density at radius 1 is 1.12 bits per heavy atom. The summed E-state index contributed by atoms with van der Waals surface area (Å²) in [5, 5.41) is 23.7. The van der Waals surface area contributed by atoms with Gasteiger partial charge in [0, 0.05) is 36.4 Å². The molecule has 1 aromatic carbocycles. The van der Waals surface area contributed by atoms with Gasteiger partial charge in [-0.1, -0.05) is 51.4 Å². The Bertz CT molecular complexity index is 824. The fraction of sp³-hybridized carbons (Fsp3) is 0.625. The maximum Gasteiger partial charge on any atom is 0.303 e. The van der Waals surface area contributed by atoms with Gasteiger partial charge in [-0.3, -0.25) is 14.4 Å². The molecule has 1 aliphatic heterocycles. The number of amides is 2. The van der Waals surface area contributed by atoms with Crippen LogP contribution < -0.4 is 5.32 Å². The lowest BCUT2D eigenvalue weighted by Crippen LogP contribution is -2.60. The highest BCUT2D eigenvalue weighted by Gasteiger charge is 2.50. The van der Waals surface area contributed by atoms with Gasteiger partial charge in [0.15, 0.2) is 0 Å². The minimum absolute atomic E-state index is 0.0270. The quantitative estimate of drug-likeness (QED) is 0.482. The monoisotopic (exact) mass is 466 g/mol. The van der Waals surface area contributed by atoms with Crippen molar-refractivity contribution in [3.63, 3.8) is 0 Å². The van der Waals surface area contributed by atoms with E-state index in [9.17, 15) is 19.5 Å². The van der Waals surface area contributed by atoms with Gasteiger partial charge < -0.3 is 20.4 Å². The summed E-state index contributed by atoms with van der Waals surface area (Å²) in [6.45, 7) is 8.36. The van der Waals surface area contributed by atoms with Gasteiger partial charge in [-0.05, 0) is 42.9 Å². The first-order valence-electron chi connectivity index (χ1n) is 11.2. The summed E-state index contributed by atoms with van der Waals surface area (Å²) in [4.78, 5) is 38.0. The molecule has 0 saturated carbocycles. The lowest BCUT2D eigenvalue weighted by atomic mass is 9.66. The molecule has 0 aliphatic carbocycles. The standard InChI is InChI=1S/C24H35ClN2O5/c1-16(2)21(26-19(28)7-5-6-8-20(29)30)22(31)27-14-13-24(32,23(3,4)15-27)17-9-11-18(25)12-10-17/h9-12,16,21,32H,5-8,13-15H2,1-4H3,(H,26,28)(H,29,30)/t21-,24+/m1/s1. The molecule has 0 radical (unpaired) electrons. The van der Waals surface area contributed by atoms with Crippen LogP contribution in [0.4, 0.5) is 0 Å². The molecular weight excluding hydrogens is 432 g/mol. The van der Waals surface area contributed by atoms with Crippen LogP contribution in [0.5, 0.6) is 0 Å². The number of aliphatic hydroxyl groups is 1. The van der Waals surface area contributed by atoms with Crippen LogP contribution in [0.1, 0.15) is 65.4 Å². The van der Waals surface area contributed by atoms with Crippen LogP contribution in [-0.2, 0) is 20.0 Å². The molecule has 1 heterocycles. The van der Waals surface area contributed by atoms with E-state index in [1.807, 2.05) is 39.8 Å².